The standard InChI is InChI=1S/C14H21BrN2S/c1-17-12-2-3-13(17)5-10(4-12)7-16-8-11-6-14(15)18-9-11/h6,9-10,12-13,16H,2-5,7-8H2,1H3. The van der Waals surface area contributed by atoms with Gasteiger partial charge in [0.05, 0.1) is 3.79 Å². The largest absolute Gasteiger partial charge is 0.312 e. The fraction of sp³-hybridized carbons (Fsp3) is 0.714. The van der Waals surface area contributed by atoms with E-state index in [1.54, 1.807) is 11.3 Å². The Morgan fingerprint density at radius 2 is 2.11 bits per heavy atom. The van der Waals surface area contributed by atoms with Crippen molar-refractivity contribution in [3.05, 3.63) is 20.8 Å². The summed E-state index contributed by atoms with van der Waals surface area (Å²) in [4.78, 5) is 2.62. The van der Waals surface area contributed by atoms with E-state index in [1.807, 2.05) is 0 Å². The molecule has 0 aliphatic carbocycles. The topological polar surface area (TPSA) is 15.3 Å². The van der Waals surface area contributed by atoms with Gasteiger partial charge in [-0.15, -0.1) is 11.3 Å². The molecule has 2 atom stereocenters. The highest BCUT2D eigenvalue weighted by molar-refractivity contribution is 9.11. The second kappa shape index (κ2) is 5.61. The van der Waals surface area contributed by atoms with E-state index in [4.69, 9.17) is 0 Å². The van der Waals surface area contributed by atoms with Crippen LogP contribution in [-0.4, -0.2) is 30.6 Å². The number of hydrogen-bond donors (Lipinski definition) is 1. The van der Waals surface area contributed by atoms with Gasteiger partial charge in [-0.05, 0) is 78.1 Å². The van der Waals surface area contributed by atoms with Crippen molar-refractivity contribution >= 4 is 27.3 Å². The van der Waals surface area contributed by atoms with E-state index in [2.05, 4.69) is 44.6 Å². The minimum atomic E-state index is 0.867. The van der Waals surface area contributed by atoms with Crippen LogP contribution in [0.3, 0.4) is 0 Å². The van der Waals surface area contributed by atoms with Gasteiger partial charge >= 0.3 is 0 Å². The number of rotatable bonds is 4. The van der Waals surface area contributed by atoms with E-state index >= 15 is 0 Å². The maximum absolute atomic E-state index is 3.64. The number of nitrogens with one attached hydrogen (secondary N) is 1. The van der Waals surface area contributed by atoms with Gasteiger partial charge in [0, 0.05) is 18.6 Å². The van der Waals surface area contributed by atoms with Crippen molar-refractivity contribution in [2.45, 2.75) is 44.3 Å². The summed E-state index contributed by atoms with van der Waals surface area (Å²) in [5.74, 6) is 0.890. The summed E-state index contributed by atoms with van der Waals surface area (Å²) >= 11 is 5.29. The van der Waals surface area contributed by atoms with E-state index in [9.17, 15) is 0 Å². The summed E-state index contributed by atoms with van der Waals surface area (Å²) in [6, 6.07) is 3.95. The van der Waals surface area contributed by atoms with Gasteiger partial charge in [0.15, 0.2) is 0 Å². The van der Waals surface area contributed by atoms with Gasteiger partial charge in [-0.2, -0.15) is 0 Å². The van der Waals surface area contributed by atoms with E-state index in [0.29, 0.717) is 0 Å². The Bertz CT molecular complexity index is 392. The third-order valence-electron chi connectivity index (χ3n) is 4.58. The van der Waals surface area contributed by atoms with Gasteiger partial charge in [-0.25, -0.2) is 0 Å². The van der Waals surface area contributed by atoms with Crippen LogP contribution in [0.2, 0.25) is 0 Å². The molecule has 2 aliphatic heterocycles. The van der Waals surface area contributed by atoms with Gasteiger partial charge in [0.25, 0.3) is 0 Å². The van der Waals surface area contributed by atoms with Crippen LogP contribution in [-0.2, 0) is 6.54 Å². The van der Waals surface area contributed by atoms with Crippen molar-refractivity contribution in [2.24, 2.45) is 5.92 Å². The van der Waals surface area contributed by atoms with Crippen molar-refractivity contribution in [1.82, 2.24) is 10.2 Å². The summed E-state index contributed by atoms with van der Waals surface area (Å²) in [5, 5.41) is 5.87. The Labute approximate surface area is 122 Å². The molecular weight excluding hydrogens is 308 g/mol. The summed E-state index contributed by atoms with van der Waals surface area (Å²) in [6.07, 6.45) is 5.64. The minimum Gasteiger partial charge on any atom is -0.312 e. The molecule has 2 fully saturated rings. The predicted octanol–water partition coefficient (Wildman–Crippen LogP) is 3.47. The van der Waals surface area contributed by atoms with Crippen molar-refractivity contribution < 1.29 is 0 Å². The molecular formula is C14H21BrN2S. The van der Waals surface area contributed by atoms with Crippen molar-refractivity contribution in [3.8, 4) is 0 Å². The Morgan fingerprint density at radius 1 is 1.39 bits per heavy atom. The molecule has 2 bridgehead atoms. The average Bonchev–Trinajstić information content (AvgIpc) is 2.82. The van der Waals surface area contributed by atoms with Crippen LogP contribution in [0.1, 0.15) is 31.2 Å². The second-order valence-corrected chi connectivity index (χ2v) is 8.07. The van der Waals surface area contributed by atoms with Crippen LogP contribution in [0.4, 0.5) is 0 Å². The molecule has 100 valence electrons. The Hall–Kier alpha value is 0.100. The number of thiophene rings is 1. The molecule has 0 saturated carbocycles. The second-order valence-electron chi connectivity index (χ2n) is 5.78. The molecule has 2 nitrogen and oxygen atoms in total. The highest BCUT2D eigenvalue weighted by Crippen LogP contribution is 2.37. The maximum atomic E-state index is 3.64. The molecule has 0 radical (unpaired) electrons. The maximum Gasteiger partial charge on any atom is 0.0701 e. The molecule has 2 unspecified atom stereocenters. The number of halogens is 1. The molecule has 1 N–H and O–H groups in total. The number of fused-ring (bicyclic) bond motifs is 2. The first kappa shape index (κ1) is 13.1. The lowest BCUT2D eigenvalue weighted by molar-refractivity contribution is 0.133. The molecule has 0 amide bonds. The first-order chi connectivity index (χ1) is 8.72. The average molecular weight is 329 g/mol. The summed E-state index contributed by atoms with van der Waals surface area (Å²) in [5.41, 5.74) is 1.41. The molecule has 4 heteroatoms. The molecule has 0 spiro atoms. The van der Waals surface area contributed by atoms with Crippen molar-refractivity contribution in [1.29, 1.82) is 0 Å². The minimum absolute atomic E-state index is 0.867. The zero-order valence-electron chi connectivity index (χ0n) is 10.9. The Kier molecular flexibility index (Phi) is 4.09. The van der Waals surface area contributed by atoms with Crippen LogP contribution in [0.15, 0.2) is 15.2 Å². The predicted molar refractivity (Wildman–Crippen MR) is 81.0 cm³/mol. The van der Waals surface area contributed by atoms with Gasteiger partial charge in [0.1, 0.15) is 0 Å². The molecule has 3 heterocycles. The van der Waals surface area contributed by atoms with Crippen molar-refractivity contribution in [2.75, 3.05) is 13.6 Å². The van der Waals surface area contributed by atoms with Gasteiger partial charge < -0.3 is 10.2 Å². The fourth-order valence-electron chi connectivity index (χ4n) is 3.55. The number of hydrogen-bond acceptors (Lipinski definition) is 3. The van der Waals surface area contributed by atoms with Crippen LogP contribution in [0.5, 0.6) is 0 Å². The molecule has 18 heavy (non-hydrogen) atoms. The lowest BCUT2D eigenvalue weighted by Crippen LogP contribution is -2.42. The lowest BCUT2D eigenvalue weighted by atomic mass is 9.91. The van der Waals surface area contributed by atoms with Crippen LogP contribution in [0, 0.1) is 5.92 Å². The van der Waals surface area contributed by atoms with Crippen LogP contribution in [0.25, 0.3) is 0 Å². The van der Waals surface area contributed by atoms with E-state index in [-0.39, 0.29) is 0 Å². The van der Waals surface area contributed by atoms with Crippen LogP contribution >= 0.6 is 27.3 Å². The van der Waals surface area contributed by atoms with E-state index in [1.165, 1.54) is 41.6 Å². The monoisotopic (exact) mass is 328 g/mol. The quantitative estimate of drug-likeness (QED) is 0.910. The summed E-state index contributed by atoms with van der Waals surface area (Å²) in [6.45, 7) is 2.21. The zero-order valence-corrected chi connectivity index (χ0v) is 13.3. The highest BCUT2D eigenvalue weighted by atomic mass is 79.9. The molecule has 0 aromatic carbocycles. The van der Waals surface area contributed by atoms with E-state index < -0.39 is 0 Å². The fourth-order valence-corrected chi connectivity index (χ4v) is 4.76. The first-order valence-electron chi connectivity index (χ1n) is 6.88. The highest BCUT2D eigenvalue weighted by Gasteiger charge is 2.37. The van der Waals surface area contributed by atoms with Crippen LogP contribution < -0.4 is 5.32 Å². The lowest BCUT2D eigenvalue weighted by Gasteiger charge is -2.36. The van der Waals surface area contributed by atoms with E-state index in [0.717, 1.165) is 24.5 Å². The number of nitrogens with zero attached hydrogens (tertiary/aromatic N) is 1. The summed E-state index contributed by atoms with van der Waals surface area (Å²) in [7, 11) is 2.31. The zero-order chi connectivity index (χ0) is 12.5. The third kappa shape index (κ3) is 2.82. The normalized spacial score (nSPS) is 32.0. The smallest absolute Gasteiger partial charge is 0.0701 e. The van der Waals surface area contributed by atoms with Gasteiger partial charge in [-0.1, -0.05) is 0 Å². The number of piperidine rings is 1. The molecule has 1 aromatic rings. The molecule has 3 rings (SSSR count). The molecule has 1 aromatic heterocycles. The Balaban J connectivity index is 1.44. The first-order valence-corrected chi connectivity index (χ1v) is 8.55. The van der Waals surface area contributed by atoms with Gasteiger partial charge in [-0.3, -0.25) is 0 Å². The Morgan fingerprint density at radius 3 is 2.72 bits per heavy atom. The van der Waals surface area contributed by atoms with Gasteiger partial charge in [0.2, 0.25) is 0 Å². The van der Waals surface area contributed by atoms with Crippen molar-refractivity contribution in [3.63, 3.8) is 0 Å². The SMILES string of the molecule is CN1C2CCC1CC(CNCc1csc(Br)c1)C2. The molecule has 2 saturated heterocycles. The molecule has 2 aliphatic rings. The third-order valence-corrected chi connectivity index (χ3v) is 6.13. The summed E-state index contributed by atoms with van der Waals surface area (Å²) < 4.78 is 1.23.